The summed E-state index contributed by atoms with van der Waals surface area (Å²) in [7, 11) is 1.37. The molecule has 0 atom stereocenters. The fraction of sp³-hybridized carbons (Fsp3) is 0.462. The van der Waals surface area contributed by atoms with Crippen molar-refractivity contribution >= 4 is 17.3 Å². The number of nitrogen functional groups attached to an aromatic ring is 1. The number of esters is 1. The van der Waals surface area contributed by atoms with Crippen LogP contribution in [-0.2, 0) is 4.74 Å². The minimum absolute atomic E-state index is 0.344. The van der Waals surface area contributed by atoms with E-state index in [1.807, 2.05) is 0 Å². The molecule has 0 radical (unpaired) electrons. The fourth-order valence-corrected chi connectivity index (χ4v) is 1.59. The van der Waals surface area contributed by atoms with Crippen molar-refractivity contribution in [3.63, 3.8) is 0 Å². The van der Waals surface area contributed by atoms with Crippen molar-refractivity contribution in [2.75, 3.05) is 24.7 Å². The molecule has 0 unspecified atom stereocenters. The third kappa shape index (κ3) is 3.98. The van der Waals surface area contributed by atoms with Crippen LogP contribution in [-0.4, -0.2) is 19.6 Å². The Morgan fingerprint density at radius 2 is 2.18 bits per heavy atom. The van der Waals surface area contributed by atoms with E-state index < -0.39 is 0 Å². The van der Waals surface area contributed by atoms with Crippen molar-refractivity contribution < 1.29 is 9.53 Å². The molecule has 94 valence electrons. The summed E-state index contributed by atoms with van der Waals surface area (Å²) in [5.74, 6) is -0.344. The molecular formula is C13H20N2O2. The fourth-order valence-electron chi connectivity index (χ4n) is 1.59. The second-order valence-corrected chi connectivity index (χ2v) is 3.93. The van der Waals surface area contributed by atoms with E-state index in [-0.39, 0.29) is 5.97 Å². The Labute approximate surface area is 102 Å². The van der Waals surface area contributed by atoms with Crippen LogP contribution < -0.4 is 11.1 Å². The largest absolute Gasteiger partial charge is 0.465 e. The van der Waals surface area contributed by atoms with Gasteiger partial charge >= 0.3 is 5.97 Å². The maximum atomic E-state index is 11.5. The lowest BCUT2D eigenvalue weighted by Gasteiger charge is -2.11. The lowest BCUT2D eigenvalue weighted by molar-refractivity contribution is 0.0602. The minimum atomic E-state index is -0.344. The minimum Gasteiger partial charge on any atom is -0.465 e. The summed E-state index contributed by atoms with van der Waals surface area (Å²) in [5, 5.41) is 3.22. The summed E-state index contributed by atoms with van der Waals surface area (Å²) in [6.45, 7) is 2.99. The number of benzene rings is 1. The Bertz CT molecular complexity index is 378. The predicted molar refractivity (Wildman–Crippen MR) is 70.2 cm³/mol. The zero-order chi connectivity index (χ0) is 12.7. The molecule has 0 amide bonds. The Morgan fingerprint density at radius 1 is 1.41 bits per heavy atom. The molecule has 0 aromatic heterocycles. The third-order valence-electron chi connectivity index (χ3n) is 2.54. The van der Waals surface area contributed by atoms with Gasteiger partial charge in [0.2, 0.25) is 0 Å². The molecule has 0 aliphatic carbocycles. The van der Waals surface area contributed by atoms with Gasteiger partial charge in [-0.1, -0.05) is 19.8 Å². The number of nitrogens with two attached hydrogens (primary N) is 1. The molecule has 1 rings (SSSR count). The monoisotopic (exact) mass is 236 g/mol. The van der Waals surface area contributed by atoms with Crippen LogP contribution in [0.3, 0.4) is 0 Å². The van der Waals surface area contributed by atoms with E-state index in [4.69, 9.17) is 10.5 Å². The molecule has 0 fully saturated rings. The van der Waals surface area contributed by atoms with Crippen molar-refractivity contribution in [2.45, 2.75) is 26.2 Å². The van der Waals surface area contributed by atoms with Gasteiger partial charge in [-0.3, -0.25) is 0 Å². The summed E-state index contributed by atoms with van der Waals surface area (Å²) in [6.07, 6.45) is 3.41. The quantitative estimate of drug-likeness (QED) is 0.453. The highest BCUT2D eigenvalue weighted by Gasteiger charge is 2.11. The van der Waals surface area contributed by atoms with Gasteiger partial charge in [0.1, 0.15) is 0 Å². The number of hydrogen-bond donors (Lipinski definition) is 2. The van der Waals surface area contributed by atoms with Gasteiger partial charge in [0.25, 0.3) is 0 Å². The summed E-state index contributed by atoms with van der Waals surface area (Å²) < 4.78 is 4.72. The van der Waals surface area contributed by atoms with Gasteiger partial charge in [0, 0.05) is 12.2 Å². The molecule has 4 heteroatoms. The van der Waals surface area contributed by atoms with Crippen LogP contribution in [0.2, 0.25) is 0 Å². The van der Waals surface area contributed by atoms with E-state index in [0.29, 0.717) is 11.3 Å². The molecule has 0 aliphatic rings. The van der Waals surface area contributed by atoms with Crippen molar-refractivity contribution in [1.82, 2.24) is 0 Å². The number of unbranched alkanes of at least 4 members (excludes halogenated alkanes) is 2. The first kappa shape index (κ1) is 13.4. The van der Waals surface area contributed by atoms with E-state index >= 15 is 0 Å². The Hall–Kier alpha value is -1.71. The van der Waals surface area contributed by atoms with Crippen molar-refractivity contribution in [1.29, 1.82) is 0 Å². The van der Waals surface area contributed by atoms with Gasteiger partial charge in [-0.2, -0.15) is 0 Å². The maximum Gasteiger partial charge on any atom is 0.339 e. The summed E-state index contributed by atoms with van der Waals surface area (Å²) in [5.41, 5.74) is 7.61. The first-order valence-electron chi connectivity index (χ1n) is 5.90. The average molecular weight is 236 g/mol. The van der Waals surface area contributed by atoms with E-state index in [1.165, 1.54) is 20.0 Å². The summed E-state index contributed by atoms with van der Waals surface area (Å²) in [6, 6.07) is 5.14. The van der Waals surface area contributed by atoms with E-state index in [0.717, 1.165) is 18.7 Å². The van der Waals surface area contributed by atoms with Gasteiger partial charge in [-0.25, -0.2) is 4.79 Å². The van der Waals surface area contributed by atoms with E-state index in [2.05, 4.69) is 12.2 Å². The van der Waals surface area contributed by atoms with Crippen molar-refractivity contribution in [2.24, 2.45) is 0 Å². The van der Waals surface area contributed by atoms with Gasteiger partial charge in [-0.05, 0) is 24.6 Å². The van der Waals surface area contributed by atoms with Crippen LogP contribution in [0.1, 0.15) is 36.5 Å². The Morgan fingerprint density at radius 3 is 2.82 bits per heavy atom. The zero-order valence-corrected chi connectivity index (χ0v) is 10.5. The Kier molecular flexibility index (Phi) is 5.33. The van der Waals surface area contributed by atoms with Crippen LogP contribution >= 0.6 is 0 Å². The van der Waals surface area contributed by atoms with Gasteiger partial charge in [0.15, 0.2) is 0 Å². The maximum absolute atomic E-state index is 11.5. The number of carbonyl (C=O) groups excluding carboxylic acids is 1. The lowest BCUT2D eigenvalue weighted by atomic mass is 10.1. The molecular weight excluding hydrogens is 216 g/mol. The first-order valence-corrected chi connectivity index (χ1v) is 5.90. The van der Waals surface area contributed by atoms with Gasteiger partial charge < -0.3 is 15.8 Å². The molecule has 4 nitrogen and oxygen atoms in total. The molecule has 0 aliphatic heterocycles. The number of carbonyl (C=O) groups is 1. The van der Waals surface area contributed by atoms with Crippen LogP contribution in [0, 0.1) is 0 Å². The normalized spacial score (nSPS) is 10.0. The summed E-state index contributed by atoms with van der Waals surface area (Å²) >= 11 is 0. The van der Waals surface area contributed by atoms with E-state index in [1.54, 1.807) is 18.2 Å². The number of nitrogens with one attached hydrogen (secondary N) is 1. The molecule has 17 heavy (non-hydrogen) atoms. The standard InChI is InChI=1S/C13H20N2O2/c1-3-4-5-8-15-12-9-10(14)6-7-11(12)13(16)17-2/h6-7,9,15H,3-5,8,14H2,1-2H3. The molecule has 0 bridgehead atoms. The topological polar surface area (TPSA) is 64.3 Å². The predicted octanol–water partition coefficient (Wildman–Crippen LogP) is 2.66. The first-order chi connectivity index (χ1) is 8.19. The Balaban J connectivity index is 2.73. The average Bonchev–Trinajstić information content (AvgIpc) is 2.34. The second kappa shape index (κ2) is 6.78. The van der Waals surface area contributed by atoms with Crippen LogP contribution in [0.25, 0.3) is 0 Å². The molecule has 0 saturated heterocycles. The molecule has 3 N–H and O–H groups in total. The highest BCUT2D eigenvalue weighted by molar-refractivity contribution is 5.96. The SMILES string of the molecule is CCCCCNc1cc(N)ccc1C(=O)OC. The lowest BCUT2D eigenvalue weighted by Crippen LogP contribution is -2.09. The van der Waals surface area contributed by atoms with Crippen LogP contribution in [0.4, 0.5) is 11.4 Å². The van der Waals surface area contributed by atoms with Crippen molar-refractivity contribution in [3.05, 3.63) is 23.8 Å². The van der Waals surface area contributed by atoms with Gasteiger partial charge in [-0.15, -0.1) is 0 Å². The number of anilines is 2. The van der Waals surface area contributed by atoms with Crippen molar-refractivity contribution in [3.8, 4) is 0 Å². The number of hydrogen-bond acceptors (Lipinski definition) is 4. The van der Waals surface area contributed by atoms with Gasteiger partial charge in [0.05, 0.1) is 18.4 Å². The number of rotatable bonds is 6. The smallest absolute Gasteiger partial charge is 0.339 e. The zero-order valence-electron chi connectivity index (χ0n) is 10.5. The molecule has 1 aromatic rings. The highest BCUT2D eigenvalue weighted by Crippen LogP contribution is 2.20. The van der Waals surface area contributed by atoms with E-state index in [9.17, 15) is 4.79 Å². The third-order valence-corrected chi connectivity index (χ3v) is 2.54. The molecule has 0 saturated carbocycles. The molecule has 0 heterocycles. The number of methoxy groups -OCH3 is 1. The molecule has 0 spiro atoms. The van der Waals surface area contributed by atoms with Crippen LogP contribution in [0.15, 0.2) is 18.2 Å². The van der Waals surface area contributed by atoms with Crippen LogP contribution in [0.5, 0.6) is 0 Å². The number of ether oxygens (including phenoxy) is 1. The summed E-state index contributed by atoms with van der Waals surface area (Å²) in [4.78, 5) is 11.5. The highest BCUT2D eigenvalue weighted by atomic mass is 16.5. The second-order valence-electron chi connectivity index (χ2n) is 3.93. The molecule has 1 aromatic carbocycles.